The summed E-state index contributed by atoms with van der Waals surface area (Å²) >= 11 is 0. The van der Waals surface area contributed by atoms with Crippen LogP contribution in [0.25, 0.3) is 22.2 Å². The first-order valence-electron chi connectivity index (χ1n) is 6.47. The highest BCUT2D eigenvalue weighted by Crippen LogP contribution is 2.42. The third kappa shape index (κ3) is 1.65. The zero-order valence-corrected chi connectivity index (χ0v) is 11.7. The molecule has 0 amide bonds. The molecule has 3 rings (SSSR count). The van der Waals surface area contributed by atoms with Gasteiger partial charge in [-0.1, -0.05) is 29.8 Å². The fourth-order valence-corrected chi connectivity index (χ4v) is 2.39. The van der Waals surface area contributed by atoms with Crippen LogP contribution < -0.4 is 0 Å². The van der Waals surface area contributed by atoms with Gasteiger partial charge >= 0.3 is 0 Å². The second-order valence-corrected chi connectivity index (χ2v) is 5.14. The van der Waals surface area contributed by atoms with Crippen molar-refractivity contribution in [2.45, 2.75) is 20.8 Å². The highest BCUT2D eigenvalue weighted by atomic mass is 16.3. The molecule has 0 saturated heterocycles. The number of nitrogens with one attached hydrogen (secondary N) is 1. The summed E-state index contributed by atoms with van der Waals surface area (Å²) < 4.78 is 0. The van der Waals surface area contributed by atoms with Crippen molar-refractivity contribution in [3.8, 4) is 22.8 Å². The summed E-state index contributed by atoms with van der Waals surface area (Å²) in [7, 11) is 0. The van der Waals surface area contributed by atoms with E-state index in [1.165, 1.54) is 0 Å². The quantitative estimate of drug-likeness (QED) is 0.591. The highest BCUT2D eigenvalue weighted by molar-refractivity contribution is 6.02. The number of aromatic amines is 1. The van der Waals surface area contributed by atoms with Crippen LogP contribution in [0.5, 0.6) is 11.5 Å². The van der Waals surface area contributed by atoms with Gasteiger partial charge in [0, 0.05) is 5.56 Å². The van der Waals surface area contributed by atoms with Gasteiger partial charge in [-0.2, -0.15) is 5.10 Å². The smallest absolute Gasteiger partial charge is 0.144 e. The maximum atomic E-state index is 10.4. The molecular formula is C16H16N2O2. The molecule has 0 aliphatic rings. The van der Waals surface area contributed by atoms with Crippen LogP contribution in [0.1, 0.15) is 16.7 Å². The minimum atomic E-state index is 0.140. The van der Waals surface area contributed by atoms with Crippen molar-refractivity contribution in [2.75, 3.05) is 0 Å². The zero-order chi connectivity index (χ0) is 14.4. The van der Waals surface area contributed by atoms with Crippen LogP contribution >= 0.6 is 0 Å². The number of aromatic hydroxyl groups is 2. The van der Waals surface area contributed by atoms with Crippen molar-refractivity contribution in [2.24, 2.45) is 0 Å². The second kappa shape index (κ2) is 4.27. The van der Waals surface area contributed by atoms with Gasteiger partial charge in [0.2, 0.25) is 0 Å². The Morgan fingerprint density at radius 3 is 2.15 bits per heavy atom. The number of benzene rings is 2. The van der Waals surface area contributed by atoms with Crippen molar-refractivity contribution in [1.82, 2.24) is 10.2 Å². The molecule has 0 fully saturated rings. The number of phenols is 2. The van der Waals surface area contributed by atoms with Crippen molar-refractivity contribution in [3.63, 3.8) is 0 Å². The molecule has 0 spiro atoms. The third-order valence-corrected chi connectivity index (χ3v) is 3.84. The van der Waals surface area contributed by atoms with Crippen LogP contribution in [0.2, 0.25) is 0 Å². The van der Waals surface area contributed by atoms with Crippen LogP contribution in [0, 0.1) is 20.8 Å². The molecule has 0 atom stereocenters. The van der Waals surface area contributed by atoms with Crippen molar-refractivity contribution < 1.29 is 10.2 Å². The maximum Gasteiger partial charge on any atom is 0.144 e. The molecule has 0 unspecified atom stereocenters. The van der Waals surface area contributed by atoms with Gasteiger partial charge < -0.3 is 10.2 Å². The number of aromatic nitrogens is 2. The van der Waals surface area contributed by atoms with Crippen LogP contribution in [0.15, 0.2) is 24.3 Å². The summed E-state index contributed by atoms with van der Waals surface area (Å²) in [6.07, 6.45) is 0. The van der Waals surface area contributed by atoms with Crippen molar-refractivity contribution in [3.05, 3.63) is 41.0 Å². The van der Waals surface area contributed by atoms with Crippen LogP contribution in [0.3, 0.4) is 0 Å². The molecule has 3 aromatic rings. The second-order valence-electron chi connectivity index (χ2n) is 5.14. The predicted octanol–water partition coefficient (Wildman–Crippen LogP) is 3.57. The molecular weight excluding hydrogens is 252 g/mol. The molecule has 4 heteroatoms. The van der Waals surface area contributed by atoms with E-state index in [9.17, 15) is 10.2 Å². The molecule has 0 radical (unpaired) electrons. The molecule has 0 aliphatic heterocycles. The lowest BCUT2D eigenvalue weighted by Crippen LogP contribution is -1.86. The molecule has 20 heavy (non-hydrogen) atoms. The minimum absolute atomic E-state index is 0.140. The summed E-state index contributed by atoms with van der Waals surface area (Å²) in [6, 6.07) is 7.90. The summed E-state index contributed by atoms with van der Waals surface area (Å²) in [5.41, 5.74) is 4.52. The van der Waals surface area contributed by atoms with Crippen LogP contribution in [-0.4, -0.2) is 20.4 Å². The Morgan fingerprint density at radius 1 is 0.900 bits per heavy atom. The van der Waals surface area contributed by atoms with E-state index in [2.05, 4.69) is 10.2 Å². The number of nitrogens with zero attached hydrogens (tertiary/aromatic N) is 1. The third-order valence-electron chi connectivity index (χ3n) is 3.84. The monoisotopic (exact) mass is 268 g/mol. The number of rotatable bonds is 1. The largest absolute Gasteiger partial charge is 0.507 e. The van der Waals surface area contributed by atoms with E-state index in [0.29, 0.717) is 27.7 Å². The van der Waals surface area contributed by atoms with E-state index in [-0.39, 0.29) is 11.5 Å². The predicted molar refractivity (Wildman–Crippen MR) is 79.1 cm³/mol. The first-order valence-corrected chi connectivity index (χ1v) is 6.47. The number of H-pyrrole nitrogens is 1. The Balaban J connectivity index is 2.36. The average molecular weight is 268 g/mol. The number of aryl methyl sites for hydroxylation is 1. The Labute approximate surface area is 116 Å². The lowest BCUT2D eigenvalue weighted by molar-refractivity contribution is 0.462. The summed E-state index contributed by atoms with van der Waals surface area (Å²) in [6.45, 7) is 5.58. The Kier molecular flexibility index (Phi) is 2.67. The minimum Gasteiger partial charge on any atom is -0.507 e. The average Bonchev–Trinajstić information content (AvgIpc) is 2.88. The number of hydrogen-bond donors (Lipinski definition) is 3. The van der Waals surface area contributed by atoms with Crippen LogP contribution in [-0.2, 0) is 0 Å². The molecule has 0 saturated carbocycles. The molecule has 0 aliphatic carbocycles. The Morgan fingerprint density at radius 2 is 1.50 bits per heavy atom. The molecule has 102 valence electrons. The van der Waals surface area contributed by atoms with Gasteiger partial charge in [-0.05, 0) is 31.9 Å². The van der Waals surface area contributed by atoms with Gasteiger partial charge in [0.25, 0.3) is 0 Å². The molecule has 0 bridgehead atoms. The van der Waals surface area contributed by atoms with Gasteiger partial charge in [0.05, 0.1) is 5.39 Å². The van der Waals surface area contributed by atoms with Gasteiger partial charge in [-0.15, -0.1) is 0 Å². The van der Waals surface area contributed by atoms with Crippen molar-refractivity contribution >= 4 is 10.9 Å². The van der Waals surface area contributed by atoms with Gasteiger partial charge in [0.1, 0.15) is 22.7 Å². The van der Waals surface area contributed by atoms with E-state index < -0.39 is 0 Å². The zero-order valence-electron chi connectivity index (χ0n) is 11.7. The first kappa shape index (κ1) is 12.5. The first-order chi connectivity index (χ1) is 9.50. The number of fused-ring (bicyclic) bond motifs is 1. The van der Waals surface area contributed by atoms with Gasteiger partial charge in [-0.25, -0.2) is 0 Å². The van der Waals surface area contributed by atoms with E-state index in [4.69, 9.17) is 0 Å². The van der Waals surface area contributed by atoms with Gasteiger partial charge in [-0.3, -0.25) is 5.10 Å². The molecule has 3 N–H and O–H groups in total. The Hall–Kier alpha value is -2.49. The molecule has 1 aromatic heterocycles. The maximum absolute atomic E-state index is 10.4. The fraction of sp³-hybridized carbons (Fsp3) is 0.188. The van der Waals surface area contributed by atoms with E-state index in [1.54, 1.807) is 13.8 Å². The van der Waals surface area contributed by atoms with E-state index >= 15 is 0 Å². The molecule has 4 nitrogen and oxygen atoms in total. The van der Waals surface area contributed by atoms with Crippen molar-refractivity contribution in [1.29, 1.82) is 0 Å². The summed E-state index contributed by atoms with van der Waals surface area (Å²) in [5, 5.41) is 28.2. The summed E-state index contributed by atoms with van der Waals surface area (Å²) in [4.78, 5) is 0. The molecule has 1 heterocycles. The van der Waals surface area contributed by atoms with Crippen LogP contribution in [0.4, 0.5) is 0 Å². The fourth-order valence-electron chi connectivity index (χ4n) is 2.39. The summed E-state index contributed by atoms with van der Waals surface area (Å²) in [5.74, 6) is 0.306. The topological polar surface area (TPSA) is 69.1 Å². The standard InChI is InChI=1S/C16H16N2O2/c1-8-4-6-11(7-5-8)13-12-14(18-17-13)16(20)10(3)9(2)15(12)19/h4-7,19-20H,1-3H3,(H,17,18). The van der Waals surface area contributed by atoms with E-state index in [1.807, 2.05) is 31.2 Å². The lowest BCUT2D eigenvalue weighted by atomic mass is 10.00. The van der Waals surface area contributed by atoms with E-state index in [0.717, 1.165) is 11.1 Å². The molecule has 2 aromatic carbocycles. The SMILES string of the molecule is Cc1ccc(-c2n[nH]c3c(O)c(C)c(C)c(O)c23)cc1. The van der Waals surface area contributed by atoms with Gasteiger partial charge in [0.15, 0.2) is 0 Å². The lowest BCUT2D eigenvalue weighted by Gasteiger charge is -2.08. The number of phenolic OH excluding ortho intramolecular Hbond substituents is 2. The Bertz CT molecular complexity index is 802. The number of hydrogen-bond acceptors (Lipinski definition) is 3. The highest BCUT2D eigenvalue weighted by Gasteiger charge is 2.19. The normalized spacial score (nSPS) is 11.2.